The molecule has 0 spiro atoms. The molecule has 1 aliphatic carbocycles. The number of nitrogens with zero attached hydrogens (tertiary/aromatic N) is 1. The molecule has 0 heterocycles. The number of amides is 1. The summed E-state index contributed by atoms with van der Waals surface area (Å²) in [6, 6.07) is 8.89. The maximum atomic E-state index is 12.0. The molecule has 1 saturated carbocycles. The Bertz CT molecular complexity index is 470. The van der Waals surface area contributed by atoms with Gasteiger partial charge < -0.3 is 9.47 Å². The van der Waals surface area contributed by atoms with Crippen molar-refractivity contribution in [3.05, 3.63) is 35.9 Å². The SMILES string of the molecule is COC(=O)[C@H](C1CC1)N(C)C(=O)OCc1ccccc1. The van der Waals surface area contributed by atoms with E-state index in [9.17, 15) is 9.59 Å². The number of esters is 1. The van der Waals surface area contributed by atoms with Crippen molar-refractivity contribution in [2.75, 3.05) is 14.2 Å². The Balaban J connectivity index is 1.91. The number of methoxy groups -OCH3 is 1. The van der Waals surface area contributed by atoms with Gasteiger partial charge in [0.1, 0.15) is 12.6 Å². The van der Waals surface area contributed by atoms with Crippen molar-refractivity contribution in [3.63, 3.8) is 0 Å². The third kappa shape index (κ3) is 3.50. The molecule has 1 amide bonds. The predicted molar refractivity (Wildman–Crippen MR) is 72.9 cm³/mol. The zero-order valence-electron chi connectivity index (χ0n) is 11.7. The number of rotatable bonds is 5. The summed E-state index contributed by atoms with van der Waals surface area (Å²) < 4.78 is 9.98. The average molecular weight is 277 g/mol. The summed E-state index contributed by atoms with van der Waals surface area (Å²) in [6.07, 6.45) is 1.38. The number of carbonyl (C=O) groups excluding carboxylic acids is 2. The first-order chi connectivity index (χ1) is 9.63. The molecule has 0 bridgehead atoms. The summed E-state index contributed by atoms with van der Waals surface area (Å²) >= 11 is 0. The molecule has 5 heteroatoms. The Hall–Kier alpha value is -2.04. The van der Waals surface area contributed by atoms with Crippen molar-refractivity contribution in [1.29, 1.82) is 0 Å². The molecular formula is C15H19NO4. The first kappa shape index (κ1) is 14.4. The topological polar surface area (TPSA) is 55.8 Å². The monoisotopic (exact) mass is 277 g/mol. The number of benzene rings is 1. The van der Waals surface area contributed by atoms with Crippen LogP contribution in [0.5, 0.6) is 0 Å². The van der Waals surface area contributed by atoms with Gasteiger partial charge in [-0.2, -0.15) is 0 Å². The van der Waals surface area contributed by atoms with Crippen molar-refractivity contribution in [2.24, 2.45) is 5.92 Å². The minimum Gasteiger partial charge on any atom is -0.467 e. The molecule has 0 aliphatic heterocycles. The van der Waals surface area contributed by atoms with Crippen LogP contribution in [0.2, 0.25) is 0 Å². The van der Waals surface area contributed by atoms with Crippen LogP contribution in [0.4, 0.5) is 4.79 Å². The van der Waals surface area contributed by atoms with Crippen molar-refractivity contribution >= 4 is 12.1 Å². The molecular weight excluding hydrogens is 258 g/mol. The highest BCUT2D eigenvalue weighted by Gasteiger charge is 2.42. The summed E-state index contributed by atoms with van der Waals surface area (Å²) in [4.78, 5) is 25.1. The van der Waals surface area contributed by atoms with E-state index in [4.69, 9.17) is 9.47 Å². The zero-order valence-corrected chi connectivity index (χ0v) is 11.7. The summed E-state index contributed by atoms with van der Waals surface area (Å²) in [5.74, 6) is -0.191. The Kier molecular flexibility index (Phi) is 4.61. The Morgan fingerprint density at radius 2 is 1.95 bits per heavy atom. The first-order valence-electron chi connectivity index (χ1n) is 6.65. The maximum Gasteiger partial charge on any atom is 0.410 e. The van der Waals surface area contributed by atoms with Crippen LogP contribution >= 0.6 is 0 Å². The summed E-state index contributed by atoms with van der Waals surface area (Å²) in [6.45, 7) is 0.197. The second-order valence-electron chi connectivity index (χ2n) is 4.96. The number of ether oxygens (including phenoxy) is 2. The van der Waals surface area contributed by atoms with Crippen LogP contribution in [0.1, 0.15) is 18.4 Å². The molecule has 1 aromatic rings. The van der Waals surface area contributed by atoms with Gasteiger partial charge in [-0.15, -0.1) is 0 Å². The molecule has 1 atom stereocenters. The third-order valence-electron chi connectivity index (χ3n) is 3.42. The lowest BCUT2D eigenvalue weighted by molar-refractivity contribution is -0.146. The van der Waals surface area contributed by atoms with Gasteiger partial charge in [-0.3, -0.25) is 4.90 Å². The van der Waals surface area contributed by atoms with Gasteiger partial charge in [0.15, 0.2) is 0 Å². The molecule has 2 rings (SSSR count). The fourth-order valence-electron chi connectivity index (χ4n) is 2.13. The van der Waals surface area contributed by atoms with Crippen LogP contribution < -0.4 is 0 Å². The number of hydrogen-bond acceptors (Lipinski definition) is 4. The van der Waals surface area contributed by atoms with Gasteiger partial charge in [-0.1, -0.05) is 30.3 Å². The zero-order chi connectivity index (χ0) is 14.5. The fraction of sp³-hybridized carbons (Fsp3) is 0.467. The first-order valence-corrected chi connectivity index (χ1v) is 6.65. The quantitative estimate of drug-likeness (QED) is 0.774. The van der Waals surface area contributed by atoms with Crippen LogP contribution in [-0.2, 0) is 20.9 Å². The van der Waals surface area contributed by atoms with E-state index in [1.807, 2.05) is 30.3 Å². The van der Waals surface area contributed by atoms with Crippen molar-refractivity contribution in [2.45, 2.75) is 25.5 Å². The highest BCUT2D eigenvalue weighted by Crippen LogP contribution is 2.35. The van der Waals surface area contributed by atoms with Crippen LogP contribution in [0.3, 0.4) is 0 Å². The number of carbonyl (C=O) groups is 2. The molecule has 108 valence electrons. The second-order valence-corrected chi connectivity index (χ2v) is 4.96. The van der Waals surface area contributed by atoms with Crippen molar-refractivity contribution < 1.29 is 19.1 Å². The van der Waals surface area contributed by atoms with E-state index in [2.05, 4.69) is 0 Å². The summed E-state index contributed by atoms with van der Waals surface area (Å²) in [5.41, 5.74) is 0.912. The lowest BCUT2D eigenvalue weighted by atomic mass is 10.1. The molecule has 0 N–H and O–H groups in total. The van der Waals surface area contributed by atoms with Crippen molar-refractivity contribution in [1.82, 2.24) is 4.90 Å². The van der Waals surface area contributed by atoms with Gasteiger partial charge in [-0.25, -0.2) is 9.59 Å². The predicted octanol–water partition coefficient (Wildman–Crippen LogP) is 2.21. The molecule has 0 aromatic heterocycles. The largest absolute Gasteiger partial charge is 0.467 e. The maximum absolute atomic E-state index is 12.0. The average Bonchev–Trinajstić information content (AvgIpc) is 3.30. The fourth-order valence-corrected chi connectivity index (χ4v) is 2.13. The molecule has 20 heavy (non-hydrogen) atoms. The Morgan fingerprint density at radius 3 is 2.50 bits per heavy atom. The second kappa shape index (κ2) is 6.41. The molecule has 1 aliphatic rings. The highest BCUT2D eigenvalue weighted by atomic mass is 16.6. The van der Waals surface area contributed by atoms with Crippen LogP contribution in [0, 0.1) is 5.92 Å². The normalized spacial score (nSPS) is 15.3. The molecule has 0 unspecified atom stereocenters. The lowest BCUT2D eigenvalue weighted by Crippen LogP contribution is -2.44. The van der Waals surface area contributed by atoms with Gasteiger partial charge in [0.2, 0.25) is 0 Å². The van der Waals surface area contributed by atoms with Crippen LogP contribution in [-0.4, -0.2) is 37.2 Å². The minimum absolute atomic E-state index is 0.191. The van der Waals surface area contributed by atoms with Gasteiger partial charge in [0.05, 0.1) is 7.11 Å². The van der Waals surface area contributed by atoms with E-state index in [0.29, 0.717) is 0 Å². The van der Waals surface area contributed by atoms with E-state index in [1.54, 1.807) is 7.05 Å². The van der Waals surface area contributed by atoms with Crippen LogP contribution in [0.15, 0.2) is 30.3 Å². The van der Waals surface area contributed by atoms with Gasteiger partial charge in [0, 0.05) is 7.05 Å². The molecule has 5 nitrogen and oxygen atoms in total. The van der Waals surface area contributed by atoms with E-state index >= 15 is 0 Å². The highest BCUT2D eigenvalue weighted by molar-refractivity contribution is 5.81. The minimum atomic E-state index is -0.539. The lowest BCUT2D eigenvalue weighted by Gasteiger charge is -2.25. The Morgan fingerprint density at radius 1 is 1.30 bits per heavy atom. The molecule has 0 radical (unpaired) electrons. The van der Waals surface area contributed by atoms with Gasteiger partial charge in [0.25, 0.3) is 0 Å². The van der Waals surface area contributed by atoms with Crippen LogP contribution in [0.25, 0.3) is 0 Å². The number of likely N-dealkylation sites (N-methyl/N-ethyl adjacent to an activating group) is 1. The van der Waals surface area contributed by atoms with E-state index in [-0.39, 0.29) is 18.5 Å². The van der Waals surface area contributed by atoms with Crippen molar-refractivity contribution in [3.8, 4) is 0 Å². The standard InChI is InChI=1S/C15H19NO4/c1-16(13(12-8-9-12)14(17)19-2)15(18)20-10-11-6-4-3-5-7-11/h3-7,12-13H,8-10H2,1-2H3/t13-/m0/s1. The van der Waals surface area contributed by atoms with E-state index in [1.165, 1.54) is 12.0 Å². The summed E-state index contributed by atoms with van der Waals surface area (Å²) in [7, 11) is 2.91. The molecule has 0 saturated heterocycles. The van der Waals surface area contributed by atoms with Gasteiger partial charge in [-0.05, 0) is 24.3 Å². The van der Waals surface area contributed by atoms with E-state index < -0.39 is 12.1 Å². The summed E-state index contributed by atoms with van der Waals surface area (Å²) in [5, 5.41) is 0. The Labute approximate surface area is 118 Å². The molecule has 1 fully saturated rings. The smallest absolute Gasteiger partial charge is 0.410 e. The third-order valence-corrected chi connectivity index (χ3v) is 3.42. The number of hydrogen-bond donors (Lipinski definition) is 0. The van der Waals surface area contributed by atoms with Gasteiger partial charge >= 0.3 is 12.1 Å². The molecule has 1 aromatic carbocycles. The van der Waals surface area contributed by atoms with E-state index in [0.717, 1.165) is 18.4 Å².